The number of likely N-dealkylation sites (N-methyl/N-ethyl adjacent to an activating group) is 1. The van der Waals surface area contributed by atoms with E-state index in [2.05, 4.69) is 35.6 Å². The Bertz CT molecular complexity index is 403. The first-order chi connectivity index (χ1) is 9.81. The van der Waals surface area contributed by atoms with Crippen LogP contribution in [-0.2, 0) is 4.79 Å². The van der Waals surface area contributed by atoms with Gasteiger partial charge >= 0.3 is 0 Å². The predicted molar refractivity (Wildman–Crippen MR) is 88.3 cm³/mol. The van der Waals surface area contributed by atoms with Gasteiger partial charge in [0.15, 0.2) is 5.96 Å². The Morgan fingerprint density at radius 1 is 1.38 bits per heavy atom. The van der Waals surface area contributed by atoms with Crippen molar-refractivity contribution in [1.82, 2.24) is 15.1 Å². The summed E-state index contributed by atoms with van der Waals surface area (Å²) in [7, 11) is 3.51. The van der Waals surface area contributed by atoms with Gasteiger partial charge in [-0.15, -0.1) is 0 Å². The van der Waals surface area contributed by atoms with Crippen LogP contribution < -0.4 is 5.32 Å². The van der Waals surface area contributed by atoms with E-state index in [0.29, 0.717) is 12.5 Å². The smallest absolute Gasteiger partial charge is 0.243 e. The van der Waals surface area contributed by atoms with Gasteiger partial charge in [-0.1, -0.05) is 26.0 Å². The summed E-state index contributed by atoms with van der Waals surface area (Å²) >= 11 is 0. The molecule has 0 aromatic carbocycles. The van der Waals surface area contributed by atoms with Gasteiger partial charge in [0.1, 0.15) is 6.54 Å². The van der Waals surface area contributed by atoms with Crippen LogP contribution >= 0.6 is 0 Å². The fraction of sp³-hybridized carbons (Fsp3) is 0.750. The number of carbonyl (C=O) groups excluding carboxylic acids is 1. The van der Waals surface area contributed by atoms with Gasteiger partial charge in [0.05, 0.1) is 0 Å². The fourth-order valence-electron chi connectivity index (χ4n) is 2.24. The van der Waals surface area contributed by atoms with Crippen LogP contribution in [0, 0.1) is 11.8 Å². The van der Waals surface area contributed by atoms with Gasteiger partial charge in [-0.05, 0) is 25.2 Å². The SMILES string of the molecule is C=C(C)CNC(=NCC(=O)N(C)C)N1CCC(C)C(C)C1. The minimum Gasteiger partial charge on any atom is -0.353 e. The Kier molecular flexibility index (Phi) is 6.72. The van der Waals surface area contributed by atoms with Gasteiger partial charge < -0.3 is 15.1 Å². The van der Waals surface area contributed by atoms with Gasteiger partial charge in [0.2, 0.25) is 5.91 Å². The standard InChI is InChI=1S/C16H30N4O/c1-12(2)9-17-16(18-10-15(21)19(5)6)20-8-7-13(3)14(4)11-20/h13-14H,1,7-11H2,2-6H3,(H,17,18). The molecule has 1 saturated heterocycles. The maximum atomic E-state index is 11.7. The molecule has 5 heteroatoms. The number of nitrogens with one attached hydrogen (secondary N) is 1. The third-order valence-corrected chi connectivity index (χ3v) is 4.04. The van der Waals surface area contributed by atoms with Crippen molar-refractivity contribution < 1.29 is 4.79 Å². The number of amides is 1. The largest absolute Gasteiger partial charge is 0.353 e. The minimum atomic E-state index is 0.0167. The average molecular weight is 294 g/mol. The molecule has 0 aromatic rings. The molecule has 1 aliphatic heterocycles. The quantitative estimate of drug-likeness (QED) is 0.486. The highest BCUT2D eigenvalue weighted by atomic mass is 16.2. The van der Waals surface area contributed by atoms with E-state index >= 15 is 0 Å². The van der Waals surface area contributed by atoms with Gasteiger partial charge in [0.25, 0.3) is 0 Å². The lowest BCUT2D eigenvalue weighted by atomic mass is 9.89. The molecule has 2 atom stereocenters. The van der Waals surface area contributed by atoms with Crippen molar-refractivity contribution in [3.63, 3.8) is 0 Å². The second-order valence-corrected chi connectivity index (χ2v) is 6.43. The highest BCUT2D eigenvalue weighted by molar-refractivity contribution is 5.85. The molecule has 0 spiro atoms. The summed E-state index contributed by atoms with van der Waals surface area (Å²) in [5.41, 5.74) is 1.06. The van der Waals surface area contributed by atoms with Crippen LogP contribution in [0.15, 0.2) is 17.1 Å². The number of hydrogen-bond donors (Lipinski definition) is 1. The van der Waals surface area contributed by atoms with Crippen LogP contribution in [0.5, 0.6) is 0 Å². The van der Waals surface area contributed by atoms with Crippen LogP contribution in [0.4, 0.5) is 0 Å². The zero-order valence-electron chi connectivity index (χ0n) is 14.1. The summed E-state index contributed by atoms with van der Waals surface area (Å²) < 4.78 is 0. The fourth-order valence-corrected chi connectivity index (χ4v) is 2.24. The molecule has 1 amide bonds. The zero-order valence-corrected chi connectivity index (χ0v) is 14.1. The molecule has 21 heavy (non-hydrogen) atoms. The molecule has 1 fully saturated rings. The molecule has 2 unspecified atom stereocenters. The van der Waals surface area contributed by atoms with E-state index in [-0.39, 0.29) is 12.5 Å². The van der Waals surface area contributed by atoms with Crippen molar-refractivity contribution in [1.29, 1.82) is 0 Å². The van der Waals surface area contributed by atoms with Crippen molar-refractivity contribution >= 4 is 11.9 Å². The molecule has 0 radical (unpaired) electrons. The minimum absolute atomic E-state index is 0.0167. The highest BCUT2D eigenvalue weighted by Gasteiger charge is 2.24. The third-order valence-electron chi connectivity index (χ3n) is 4.04. The summed E-state index contributed by atoms with van der Waals surface area (Å²) in [5, 5.41) is 3.32. The summed E-state index contributed by atoms with van der Waals surface area (Å²) in [4.78, 5) is 20.1. The summed E-state index contributed by atoms with van der Waals surface area (Å²) in [6.45, 7) is 13.3. The van der Waals surface area contributed by atoms with E-state index < -0.39 is 0 Å². The molecule has 5 nitrogen and oxygen atoms in total. The van der Waals surface area contributed by atoms with Crippen molar-refractivity contribution in [3.05, 3.63) is 12.2 Å². The average Bonchev–Trinajstić information content (AvgIpc) is 2.41. The Morgan fingerprint density at radius 2 is 2.05 bits per heavy atom. The monoisotopic (exact) mass is 294 g/mol. The summed E-state index contributed by atoms with van der Waals surface area (Å²) in [5.74, 6) is 2.22. The van der Waals surface area contributed by atoms with E-state index in [1.54, 1.807) is 19.0 Å². The van der Waals surface area contributed by atoms with Gasteiger partial charge in [0, 0.05) is 33.7 Å². The first kappa shape index (κ1) is 17.5. The van der Waals surface area contributed by atoms with Crippen molar-refractivity contribution in [2.45, 2.75) is 27.2 Å². The van der Waals surface area contributed by atoms with E-state index in [9.17, 15) is 4.79 Å². The van der Waals surface area contributed by atoms with E-state index in [0.717, 1.165) is 37.0 Å². The number of piperidine rings is 1. The lowest BCUT2D eigenvalue weighted by Crippen LogP contribution is -2.48. The Balaban J connectivity index is 2.74. The highest BCUT2D eigenvalue weighted by Crippen LogP contribution is 2.22. The molecule has 1 heterocycles. The summed E-state index contributed by atoms with van der Waals surface area (Å²) in [6, 6.07) is 0. The molecule has 1 aliphatic rings. The molecule has 0 bridgehead atoms. The molecule has 120 valence electrons. The summed E-state index contributed by atoms with van der Waals surface area (Å²) in [6.07, 6.45) is 1.16. The number of carbonyl (C=O) groups is 1. The van der Waals surface area contributed by atoms with Crippen LogP contribution in [0.1, 0.15) is 27.2 Å². The van der Waals surface area contributed by atoms with Crippen molar-refractivity contribution in [2.75, 3.05) is 40.3 Å². The van der Waals surface area contributed by atoms with E-state index in [1.807, 2.05) is 6.92 Å². The molecule has 0 saturated carbocycles. The van der Waals surface area contributed by atoms with Crippen molar-refractivity contribution in [2.24, 2.45) is 16.8 Å². The molecule has 1 rings (SSSR count). The lowest BCUT2D eigenvalue weighted by Gasteiger charge is -2.37. The van der Waals surface area contributed by atoms with Crippen LogP contribution in [0.2, 0.25) is 0 Å². The number of likely N-dealkylation sites (tertiary alicyclic amines) is 1. The Labute approximate surface area is 129 Å². The third kappa shape index (κ3) is 5.78. The Hall–Kier alpha value is -1.52. The Morgan fingerprint density at radius 3 is 2.57 bits per heavy atom. The second-order valence-electron chi connectivity index (χ2n) is 6.43. The molecule has 0 aliphatic carbocycles. The van der Waals surface area contributed by atoms with E-state index in [4.69, 9.17) is 0 Å². The first-order valence-electron chi connectivity index (χ1n) is 7.69. The van der Waals surface area contributed by atoms with Crippen LogP contribution in [0.3, 0.4) is 0 Å². The van der Waals surface area contributed by atoms with Crippen LogP contribution in [0.25, 0.3) is 0 Å². The number of guanidine groups is 1. The molecular formula is C16H30N4O. The van der Waals surface area contributed by atoms with Gasteiger partial charge in [-0.3, -0.25) is 4.79 Å². The normalized spacial score (nSPS) is 22.9. The molecular weight excluding hydrogens is 264 g/mol. The van der Waals surface area contributed by atoms with Gasteiger partial charge in [-0.2, -0.15) is 0 Å². The van der Waals surface area contributed by atoms with Crippen LogP contribution in [-0.4, -0.2) is 61.9 Å². The lowest BCUT2D eigenvalue weighted by molar-refractivity contribution is -0.127. The molecule has 0 aromatic heterocycles. The number of nitrogens with zero attached hydrogens (tertiary/aromatic N) is 3. The second kappa shape index (κ2) is 8.05. The molecule has 1 N–H and O–H groups in total. The maximum Gasteiger partial charge on any atom is 0.243 e. The predicted octanol–water partition coefficient (Wildman–Crippen LogP) is 1.57. The topological polar surface area (TPSA) is 47.9 Å². The zero-order chi connectivity index (χ0) is 16.0. The van der Waals surface area contributed by atoms with Gasteiger partial charge in [-0.25, -0.2) is 4.99 Å². The number of rotatable bonds is 4. The first-order valence-corrected chi connectivity index (χ1v) is 7.69. The number of aliphatic imine (C=N–C) groups is 1. The maximum absolute atomic E-state index is 11.7. The number of hydrogen-bond acceptors (Lipinski definition) is 2. The van der Waals surface area contributed by atoms with E-state index in [1.165, 1.54) is 0 Å². The van der Waals surface area contributed by atoms with Crippen molar-refractivity contribution in [3.8, 4) is 0 Å².